The molecule has 1 heterocycles. The Hall–Kier alpha value is 0. The Labute approximate surface area is 75.6 Å². The zero-order valence-corrected chi connectivity index (χ0v) is 8.45. The third kappa shape index (κ3) is 1.36. The van der Waals surface area contributed by atoms with Crippen molar-refractivity contribution in [3.8, 4) is 0 Å². The first-order valence-electron chi connectivity index (χ1n) is 3.54. The molecule has 10 heavy (non-hydrogen) atoms. The molecule has 58 valence electrons. The summed E-state index contributed by atoms with van der Waals surface area (Å²) in [4.78, 5) is 0. The second kappa shape index (κ2) is 3.41. The molecule has 1 aliphatic heterocycles. The molecule has 4 heteroatoms. The molecule has 0 saturated carbocycles. The molecule has 0 bridgehead atoms. The molecule has 0 spiro atoms. The van der Waals surface area contributed by atoms with Gasteiger partial charge in [-0.05, 0) is 13.3 Å². The Morgan fingerprint density at radius 2 is 2.30 bits per heavy atom. The summed E-state index contributed by atoms with van der Waals surface area (Å²) >= 11 is 2.27. The smallest absolute Gasteiger partial charge is 0.128 e. The number of halogens is 1. The van der Waals surface area contributed by atoms with Crippen LogP contribution in [-0.2, 0) is 0 Å². The SMILES string of the molecule is CCC1N(I)C=NN1CC. The van der Waals surface area contributed by atoms with E-state index in [1.165, 1.54) is 0 Å². The molecule has 1 aliphatic rings. The van der Waals surface area contributed by atoms with Gasteiger partial charge in [0.05, 0.1) is 22.9 Å². The van der Waals surface area contributed by atoms with Crippen LogP contribution in [0.1, 0.15) is 20.3 Å². The first-order valence-corrected chi connectivity index (χ1v) is 4.51. The molecule has 0 aromatic rings. The van der Waals surface area contributed by atoms with E-state index in [2.05, 4.69) is 49.9 Å². The minimum absolute atomic E-state index is 0.477. The van der Waals surface area contributed by atoms with Crippen LogP contribution in [0.3, 0.4) is 0 Å². The lowest BCUT2D eigenvalue weighted by Gasteiger charge is -2.24. The van der Waals surface area contributed by atoms with E-state index in [-0.39, 0.29) is 0 Å². The topological polar surface area (TPSA) is 18.8 Å². The Bertz CT molecular complexity index is 137. The molecule has 3 nitrogen and oxygen atoms in total. The fourth-order valence-corrected chi connectivity index (χ4v) is 1.87. The van der Waals surface area contributed by atoms with E-state index in [1.807, 2.05) is 6.34 Å². The zero-order chi connectivity index (χ0) is 7.56. The van der Waals surface area contributed by atoms with Crippen molar-refractivity contribution in [3.05, 3.63) is 0 Å². The summed E-state index contributed by atoms with van der Waals surface area (Å²) < 4.78 is 2.11. The van der Waals surface area contributed by atoms with Crippen LogP contribution in [0, 0.1) is 0 Å². The Morgan fingerprint density at radius 1 is 1.60 bits per heavy atom. The lowest BCUT2D eigenvalue weighted by atomic mass is 10.4. The Kier molecular flexibility index (Phi) is 2.76. The lowest BCUT2D eigenvalue weighted by molar-refractivity contribution is 0.191. The van der Waals surface area contributed by atoms with Gasteiger partial charge in [-0.1, -0.05) is 6.92 Å². The van der Waals surface area contributed by atoms with Crippen LogP contribution in [0.25, 0.3) is 0 Å². The van der Waals surface area contributed by atoms with Crippen LogP contribution in [0.4, 0.5) is 0 Å². The number of hydrogen-bond acceptors (Lipinski definition) is 3. The third-order valence-corrected chi connectivity index (χ3v) is 2.52. The number of hydrogen-bond donors (Lipinski definition) is 0. The summed E-state index contributed by atoms with van der Waals surface area (Å²) in [6, 6.07) is 0. The van der Waals surface area contributed by atoms with Gasteiger partial charge in [-0.15, -0.1) is 0 Å². The van der Waals surface area contributed by atoms with Gasteiger partial charge in [-0.2, -0.15) is 5.10 Å². The second-order valence-corrected chi connectivity index (χ2v) is 3.33. The standard InChI is InChI=1S/C6H12IN3/c1-3-6-9(7)5-8-10(6)4-2/h5-6H,3-4H2,1-2H3. The summed E-state index contributed by atoms with van der Waals surface area (Å²) in [5.41, 5.74) is 0. The quantitative estimate of drug-likeness (QED) is 0.550. The summed E-state index contributed by atoms with van der Waals surface area (Å²) in [7, 11) is 0. The van der Waals surface area contributed by atoms with Crippen LogP contribution < -0.4 is 0 Å². The average Bonchev–Trinajstić information content (AvgIpc) is 2.30. The van der Waals surface area contributed by atoms with Crippen molar-refractivity contribution in [1.82, 2.24) is 8.12 Å². The maximum atomic E-state index is 4.21. The fraction of sp³-hybridized carbons (Fsp3) is 0.833. The van der Waals surface area contributed by atoms with Crippen LogP contribution in [0.2, 0.25) is 0 Å². The highest BCUT2D eigenvalue weighted by Crippen LogP contribution is 2.18. The second-order valence-electron chi connectivity index (χ2n) is 2.22. The number of hydrazone groups is 1. The van der Waals surface area contributed by atoms with Crippen molar-refractivity contribution in [3.63, 3.8) is 0 Å². The molecule has 0 saturated heterocycles. The number of rotatable bonds is 2. The van der Waals surface area contributed by atoms with Gasteiger partial charge >= 0.3 is 0 Å². The van der Waals surface area contributed by atoms with E-state index >= 15 is 0 Å². The van der Waals surface area contributed by atoms with Gasteiger partial charge in [-0.3, -0.25) is 8.12 Å². The molecule has 0 aromatic carbocycles. The van der Waals surface area contributed by atoms with Gasteiger partial charge in [-0.25, -0.2) is 0 Å². The van der Waals surface area contributed by atoms with Crippen molar-refractivity contribution in [2.75, 3.05) is 6.54 Å². The van der Waals surface area contributed by atoms with Crippen LogP contribution in [0.5, 0.6) is 0 Å². The lowest BCUT2D eigenvalue weighted by Crippen LogP contribution is -2.33. The van der Waals surface area contributed by atoms with Gasteiger partial charge in [0.1, 0.15) is 12.5 Å². The predicted octanol–water partition coefficient (Wildman–Crippen LogP) is 1.65. The van der Waals surface area contributed by atoms with E-state index in [1.54, 1.807) is 0 Å². The summed E-state index contributed by atoms with van der Waals surface area (Å²) in [6.45, 7) is 5.29. The highest BCUT2D eigenvalue weighted by Gasteiger charge is 2.22. The summed E-state index contributed by atoms with van der Waals surface area (Å²) in [5.74, 6) is 0. The molecule has 1 atom stereocenters. The molecule has 0 radical (unpaired) electrons. The highest BCUT2D eigenvalue weighted by molar-refractivity contribution is 14.1. The predicted molar refractivity (Wildman–Crippen MR) is 50.8 cm³/mol. The van der Waals surface area contributed by atoms with Crippen molar-refractivity contribution in [2.45, 2.75) is 26.4 Å². The summed E-state index contributed by atoms with van der Waals surface area (Å²) in [5, 5.41) is 6.30. The van der Waals surface area contributed by atoms with E-state index in [0.717, 1.165) is 13.0 Å². The molecule has 0 aliphatic carbocycles. The fourth-order valence-electron chi connectivity index (χ4n) is 1.07. The van der Waals surface area contributed by atoms with Crippen LogP contribution in [-0.4, -0.2) is 27.2 Å². The molecular formula is C6H12IN3. The zero-order valence-electron chi connectivity index (χ0n) is 6.29. The number of nitrogens with zero attached hydrogens (tertiary/aromatic N) is 3. The largest absolute Gasteiger partial charge is 0.281 e. The Balaban J connectivity index is 2.53. The van der Waals surface area contributed by atoms with Gasteiger partial charge in [0, 0.05) is 6.54 Å². The first-order chi connectivity index (χ1) is 4.79. The molecule has 0 aromatic heterocycles. The average molecular weight is 253 g/mol. The van der Waals surface area contributed by atoms with Crippen LogP contribution >= 0.6 is 22.9 Å². The van der Waals surface area contributed by atoms with E-state index in [9.17, 15) is 0 Å². The summed E-state index contributed by atoms with van der Waals surface area (Å²) in [6.07, 6.45) is 3.47. The van der Waals surface area contributed by atoms with Gasteiger partial charge in [0.25, 0.3) is 0 Å². The van der Waals surface area contributed by atoms with Crippen LogP contribution in [0.15, 0.2) is 5.10 Å². The maximum absolute atomic E-state index is 4.21. The molecular weight excluding hydrogens is 241 g/mol. The minimum Gasteiger partial charge on any atom is -0.281 e. The molecule has 0 amide bonds. The van der Waals surface area contributed by atoms with Crippen molar-refractivity contribution >= 4 is 29.2 Å². The normalized spacial score (nSPS) is 24.5. The molecule has 0 N–H and O–H groups in total. The van der Waals surface area contributed by atoms with Crippen molar-refractivity contribution < 1.29 is 0 Å². The van der Waals surface area contributed by atoms with E-state index < -0.39 is 0 Å². The minimum atomic E-state index is 0.477. The van der Waals surface area contributed by atoms with E-state index in [0.29, 0.717) is 6.17 Å². The maximum Gasteiger partial charge on any atom is 0.128 e. The van der Waals surface area contributed by atoms with Gasteiger partial charge in [0.2, 0.25) is 0 Å². The monoisotopic (exact) mass is 253 g/mol. The molecule has 1 unspecified atom stereocenters. The molecule has 0 fully saturated rings. The van der Waals surface area contributed by atoms with Gasteiger partial charge < -0.3 is 0 Å². The van der Waals surface area contributed by atoms with Crippen molar-refractivity contribution in [1.29, 1.82) is 0 Å². The van der Waals surface area contributed by atoms with Crippen molar-refractivity contribution in [2.24, 2.45) is 5.10 Å². The van der Waals surface area contributed by atoms with E-state index in [4.69, 9.17) is 0 Å². The van der Waals surface area contributed by atoms with Gasteiger partial charge in [0.15, 0.2) is 0 Å². The third-order valence-electron chi connectivity index (χ3n) is 1.63. The Morgan fingerprint density at radius 3 is 2.70 bits per heavy atom. The molecule has 1 rings (SSSR count). The highest BCUT2D eigenvalue weighted by atomic mass is 127. The first kappa shape index (κ1) is 8.10.